The molecule has 0 aliphatic carbocycles. The second kappa shape index (κ2) is 4.23. The maximum atomic E-state index is 11.8. The summed E-state index contributed by atoms with van der Waals surface area (Å²) in [6, 6.07) is 7.18. The highest BCUT2D eigenvalue weighted by molar-refractivity contribution is 6.35. The Labute approximate surface area is 107 Å². The molecule has 0 bridgehead atoms. The van der Waals surface area contributed by atoms with Crippen molar-refractivity contribution in [3.05, 3.63) is 58.2 Å². The van der Waals surface area contributed by atoms with E-state index in [2.05, 4.69) is 15.0 Å². The Kier molecular flexibility index (Phi) is 2.57. The molecule has 3 aromatic rings. The van der Waals surface area contributed by atoms with Crippen LogP contribution in [0.1, 0.15) is 0 Å². The van der Waals surface area contributed by atoms with Gasteiger partial charge in [0, 0.05) is 29.5 Å². The standard InChI is InChI=1S/C13H8ClN3O/c14-10-4-3-9(11-8(10)2-1-5-15-11)12-13(18)17-7-6-16-12/h1-7H,(H,17,18). The molecule has 0 unspecified atom stereocenters. The number of aromatic nitrogens is 3. The summed E-state index contributed by atoms with van der Waals surface area (Å²) in [4.78, 5) is 22.8. The summed E-state index contributed by atoms with van der Waals surface area (Å²) in [5, 5.41) is 1.41. The monoisotopic (exact) mass is 257 g/mol. The maximum absolute atomic E-state index is 11.8. The molecule has 1 N–H and O–H groups in total. The SMILES string of the molecule is O=c1[nH]ccnc1-c1ccc(Cl)c2cccnc12. The van der Waals surface area contributed by atoms with Crippen molar-refractivity contribution in [2.24, 2.45) is 0 Å². The second-order valence-corrected chi connectivity index (χ2v) is 4.17. The van der Waals surface area contributed by atoms with Crippen molar-refractivity contribution in [2.45, 2.75) is 0 Å². The Morgan fingerprint density at radius 3 is 2.83 bits per heavy atom. The predicted octanol–water partition coefficient (Wildman–Crippen LogP) is 2.64. The van der Waals surface area contributed by atoms with Crippen LogP contribution >= 0.6 is 11.6 Å². The number of rotatable bonds is 1. The molecule has 5 heteroatoms. The number of aromatic amines is 1. The van der Waals surface area contributed by atoms with Crippen LogP contribution in [0.15, 0.2) is 47.7 Å². The highest BCUT2D eigenvalue weighted by Crippen LogP contribution is 2.28. The number of nitrogens with one attached hydrogen (secondary N) is 1. The van der Waals surface area contributed by atoms with Gasteiger partial charge in [0.1, 0.15) is 5.69 Å². The summed E-state index contributed by atoms with van der Waals surface area (Å²) >= 11 is 6.11. The molecule has 0 aliphatic heterocycles. The minimum Gasteiger partial charge on any atom is -0.326 e. The Morgan fingerprint density at radius 2 is 2.00 bits per heavy atom. The van der Waals surface area contributed by atoms with E-state index in [0.29, 0.717) is 21.8 Å². The van der Waals surface area contributed by atoms with E-state index in [9.17, 15) is 4.79 Å². The van der Waals surface area contributed by atoms with Crippen LogP contribution in [-0.4, -0.2) is 15.0 Å². The molecule has 0 amide bonds. The molecule has 0 aliphatic rings. The van der Waals surface area contributed by atoms with Crippen LogP contribution in [0.3, 0.4) is 0 Å². The summed E-state index contributed by atoms with van der Waals surface area (Å²) < 4.78 is 0. The number of benzene rings is 1. The average molecular weight is 258 g/mol. The lowest BCUT2D eigenvalue weighted by atomic mass is 10.1. The van der Waals surface area contributed by atoms with Crippen molar-refractivity contribution in [1.82, 2.24) is 15.0 Å². The molecule has 18 heavy (non-hydrogen) atoms. The van der Waals surface area contributed by atoms with E-state index >= 15 is 0 Å². The number of hydrogen-bond donors (Lipinski definition) is 1. The molecule has 2 aromatic heterocycles. The summed E-state index contributed by atoms with van der Waals surface area (Å²) in [6.45, 7) is 0. The molecule has 0 spiro atoms. The van der Waals surface area contributed by atoms with E-state index < -0.39 is 0 Å². The van der Waals surface area contributed by atoms with Gasteiger partial charge in [0.25, 0.3) is 5.56 Å². The van der Waals surface area contributed by atoms with Gasteiger partial charge >= 0.3 is 0 Å². The first kappa shape index (κ1) is 10.9. The molecular weight excluding hydrogens is 250 g/mol. The van der Waals surface area contributed by atoms with E-state index in [1.807, 2.05) is 6.07 Å². The van der Waals surface area contributed by atoms with Gasteiger partial charge < -0.3 is 4.98 Å². The summed E-state index contributed by atoms with van der Waals surface area (Å²) in [5.41, 5.74) is 1.45. The van der Waals surface area contributed by atoms with E-state index in [4.69, 9.17) is 11.6 Å². The Morgan fingerprint density at radius 1 is 1.11 bits per heavy atom. The molecule has 0 saturated heterocycles. The lowest BCUT2D eigenvalue weighted by molar-refractivity contribution is 1.15. The molecule has 0 atom stereocenters. The van der Waals surface area contributed by atoms with Crippen molar-refractivity contribution < 1.29 is 0 Å². The third-order valence-electron chi connectivity index (χ3n) is 2.68. The van der Waals surface area contributed by atoms with Crippen LogP contribution in [0.25, 0.3) is 22.2 Å². The fourth-order valence-corrected chi connectivity index (χ4v) is 2.09. The molecule has 0 fully saturated rings. The molecule has 2 heterocycles. The van der Waals surface area contributed by atoms with Crippen molar-refractivity contribution >= 4 is 22.5 Å². The zero-order valence-corrected chi connectivity index (χ0v) is 9.98. The Balaban J connectivity index is 2.41. The molecule has 0 saturated carbocycles. The number of halogens is 1. The maximum Gasteiger partial charge on any atom is 0.274 e. The van der Waals surface area contributed by atoms with E-state index in [0.717, 1.165) is 5.39 Å². The number of fused-ring (bicyclic) bond motifs is 1. The topological polar surface area (TPSA) is 58.6 Å². The molecule has 88 valence electrons. The van der Waals surface area contributed by atoms with Gasteiger partial charge in [-0.2, -0.15) is 0 Å². The summed E-state index contributed by atoms with van der Waals surface area (Å²) in [5.74, 6) is 0. The first-order valence-electron chi connectivity index (χ1n) is 5.34. The third kappa shape index (κ3) is 1.67. The van der Waals surface area contributed by atoms with Crippen molar-refractivity contribution in [3.8, 4) is 11.3 Å². The van der Waals surface area contributed by atoms with Crippen LogP contribution < -0.4 is 5.56 Å². The Hall–Kier alpha value is -2.20. The van der Waals surface area contributed by atoms with Gasteiger partial charge in [0.05, 0.1) is 10.5 Å². The number of hydrogen-bond acceptors (Lipinski definition) is 3. The summed E-state index contributed by atoms with van der Waals surface area (Å²) in [6.07, 6.45) is 4.71. The highest BCUT2D eigenvalue weighted by atomic mass is 35.5. The van der Waals surface area contributed by atoms with Crippen LogP contribution in [0.5, 0.6) is 0 Å². The van der Waals surface area contributed by atoms with Gasteiger partial charge in [0.15, 0.2) is 0 Å². The van der Waals surface area contributed by atoms with Gasteiger partial charge in [-0.3, -0.25) is 9.78 Å². The second-order valence-electron chi connectivity index (χ2n) is 3.76. The van der Waals surface area contributed by atoms with Crippen molar-refractivity contribution in [1.29, 1.82) is 0 Å². The minimum atomic E-state index is -0.244. The largest absolute Gasteiger partial charge is 0.326 e. The quantitative estimate of drug-likeness (QED) is 0.729. The average Bonchev–Trinajstić information content (AvgIpc) is 2.41. The molecule has 3 rings (SSSR count). The highest BCUT2D eigenvalue weighted by Gasteiger charge is 2.11. The fourth-order valence-electron chi connectivity index (χ4n) is 1.87. The van der Waals surface area contributed by atoms with Gasteiger partial charge in [0.2, 0.25) is 0 Å². The number of H-pyrrole nitrogens is 1. The first-order valence-corrected chi connectivity index (χ1v) is 5.72. The van der Waals surface area contributed by atoms with Crippen LogP contribution in [0, 0.1) is 0 Å². The van der Waals surface area contributed by atoms with E-state index in [1.165, 1.54) is 6.20 Å². The van der Waals surface area contributed by atoms with E-state index in [-0.39, 0.29) is 5.56 Å². The van der Waals surface area contributed by atoms with Gasteiger partial charge in [-0.25, -0.2) is 4.98 Å². The lowest BCUT2D eigenvalue weighted by Gasteiger charge is -2.05. The van der Waals surface area contributed by atoms with Gasteiger partial charge in [-0.15, -0.1) is 0 Å². The fraction of sp³-hybridized carbons (Fsp3) is 0. The Bertz CT molecular complexity index is 782. The minimum absolute atomic E-state index is 0.244. The molecule has 4 nitrogen and oxygen atoms in total. The molecular formula is C13H8ClN3O. The van der Waals surface area contributed by atoms with Crippen molar-refractivity contribution in [3.63, 3.8) is 0 Å². The van der Waals surface area contributed by atoms with Gasteiger partial charge in [-0.1, -0.05) is 11.6 Å². The smallest absolute Gasteiger partial charge is 0.274 e. The molecule has 0 radical (unpaired) electrons. The van der Waals surface area contributed by atoms with Crippen LogP contribution in [-0.2, 0) is 0 Å². The normalized spacial score (nSPS) is 10.7. The zero-order valence-electron chi connectivity index (χ0n) is 9.22. The summed E-state index contributed by atoms with van der Waals surface area (Å²) in [7, 11) is 0. The third-order valence-corrected chi connectivity index (χ3v) is 3.01. The first-order chi connectivity index (χ1) is 8.77. The molecule has 1 aromatic carbocycles. The lowest BCUT2D eigenvalue weighted by Crippen LogP contribution is -2.10. The van der Waals surface area contributed by atoms with Crippen LogP contribution in [0.4, 0.5) is 0 Å². The van der Waals surface area contributed by atoms with Crippen LogP contribution in [0.2, 0.25) is 5.02 Å². The predicted molar refractivity (Wildman–Crippen MR) is 70.6 cm³/mol. The number of nitrogens with zero attached hydrogens (tertiary/aromatic N) is 2. The van der Waals surface area contributed by atoms with Crippen molar-refractivity contribution in [2.75, 3.05) is 0 Å². The van der Waals surface area contributed by atoms with Gasteiger partial charge in [-0.05, 0) is 24.3 Å². The number of pyridine rings is 1. The van der Waals surface area contributed by atoms with E-state index in [1.54, 1.807) is 30.6 Å². The zero-order chi connectivity index (χ0) is 12.5.